The number of pyridine rings is 1. The Morgan fingerprint density at radius 1 is 0.213 bits per heavy atom. The molecule has 12 nitrogen and oxygen atoms in total. The number of para-hydroxylation sites is 12. The lowest BCUT2D eigenvalue weighted by Crippen LogP contribution is -2.21. The van der Waals surface area contributed by atoms with Gasteiger partial charge in [-0.2, -0.15) is 0 Å². The molecular weight excluding hydrogens is 1720 g/mol. The van der Waals surface area contributed by atoms with Gasteiger partial charge >= 0.3 is 0 Å². The van der Waals surface area contributed by atoms with Crippen LogP contribution in [-0.2, 0) is 0 Å². The smallest absolute Gasteiger partial charge is 0.160 e. The van der Waals surface area contributed by atoms with E-state index >= 15 is 0 Å². The fourth-order valence-electron chi connectivity index (χ4n) is 24.1. The number of fused-ring (bicyclic) bond motifs is 24. The molecule has 0 N–H and O–H groups in total. The zero-order valence-electron chi connectivity index (χ0n) is 76.5. The number of hydrogen-bond donors (Lipinski definition) is 0. The van der Waals surface area contributed by atoms with E-state index in [9.17, 15) is 0 Å². The van der Waals surface area contributed by atoms with Gasteiger partial charge in [0.2, 0.25) is 0 Å². The first-order chi connectivity index (χ1) is 69.9. The van der Waals surface area contributed by atoms with Crippen molar-refractivity contribution in [3.8, 4) is 84.8 Å². The van der Waals surface area contributed by atoms with Crippen molar-refractivity contribution in [2.75, 3.05) is 0 Å². The number of aliphatic imine (C=N–C) groups is 1. The average Bonchev–Trinajstić information content (AvgIpc) is 1.55. The lowest BCUT2D eigenvalue weighted by molar-refractivity contribution is 0.673. The van der Waals surface area contributed by atoms with Gasteiger partial charge in [-0.3, -0.25) is 9.98 Å². The van der Waals surface area contributed by atoms with Crippen molar-refractivity contribution in [3.63, 3.8) is 0 Å². The zero-order valence-corrected chi connectivity index (χ0v) is 76.5. The Labute approximate surface area is 807 Å². The number of benzene rings is 19. The molecule has 658 valence electrons. The summed E-state index contributed by atoms with van der Waals surface area (Å²) >= 11 is 0. The topological polar surface area (TPSA) is 90.5 Å². The maximum absolute atomic E-state index is 5.88. The Balaban J connectivity index is 0.682. The van der Waals surface area contributed by atoms with Crippen LogP contribution in [0.15, 0.2) is 466 Å². The highest BCUT2D eigenvalue weighted by molar-refractivity contribution is 6.25. The SMILES string of the molecule is CC1C=NC=C(n2c3ccccc3c3cc4c5ccccc5n(-c5ccccc5)c4cc32)C1c1cc(-c2cc(-c3ccc(-n4c5ccccc5c5cc6c7ccccc7n(-c7ccccc7)c6cc54)c(-c4ccncc4-n4c5ccccc5c5cc6c7ccccc7n(-c7ccccc7)c6cc54)c3)nc(-c3ccccc3)n2)ccc1-n1c2ccccc2c2cc3c4ccccc4n(-c4ccccc4)c3cc21. The van der Waals surface area contributed by atoms with E-state index < -0.39 is 0 Å². The highest BCUT2D eigenvalue weighted by atomic mass is 15.1. The standard InChI is InChI=1S/C129H82N12/c1-79-76-131-78-127(141-115-58-32-24-50-94(115)104-70-100-90-46-20-28-54-111(90)137(121(100)75-125(104)141)86-41-15-6-16-42-86)128(79)105-66-82(60-62-117(105)139-113-56-30-22-48-92(113)102-68-98-88-44-18-26-52-109(88)135(119(98)73-123(102)139)84-37-11-4-12-38-84)107-71-106(132-129(133-107)80-33-7-2-8-34-80)81-59-61-116(138-112-55-29-21-47-91(112)101-67-97-87-43-17-25-51-108(87)134(118(97)72-122(101)138)83-35-9-3-10-36-83)96(65-81)95-63-64-130-77-126(95)140-114-57-31-23-49-93(114)103-69-99-89-45-19-27-53-110(89)136(120(99)74-124(103)140)85-39-13-5-14-40-85/h2-79,128H,1H3. The van der Waals surface area contributed by atoms with E-state index in [0.717, 1.165) is 216 Å². The predicted molar refractivity (Wildman–Crippen MR) is 586 cm³/mol. The molecule has 2 atom stereocenters. The molecule has 0 aliphatic carbocycles. The molecule has 11 heterocycles. The van der Waals surface area contributed by atoms with Crippen LogP contribution in [0.2, 0.25) is 0 Å². The molecule has 12 heteroatoms. The molecule has 19 aromatic carbocycles. The second-order valence-electron chi connectivity index (χ2n) is 37.6. The van der Waals surface area contributed by atoms with Crippen LogP contribution in [-0.4, -0.2) is 57.7 Å². The molecule has 0 bridgehead atoms. The minimum atomic E-state index is -0.324. The molecule has 10 aromatic heterocycles. The highest BCUT2D eigenvalue weighted by Gasteiger charge is 2.35. The van der Waals surface area contributed by atoms with Crippen molar-refractivity contribution >= 4 is 186 Å². The molecule has 1 aliphatic rings. The number of nitrogens with zero attached hydrogens (tertiary/aromatic N) is 12. The third kappa shape index (κ3) is 11.7. The first-order valence-electron chi connectivity index (χ1n) is 48.4. The van der Waals surface area contributed by atoms with Crippen molar-refractivity contribution in [2.45, 2.75) is 12.8 Å². The van der Waals surface area contributed by atoms with Gasteiger partial charge in [-0.15, -0.1) is 0 Å². The molecule has 0 amide bonds. The molecule has 0 radical (unpaired) electrons. The Hall–Kier alpha value is -18.8. The summed E-state index contributed by atoms with van der Waals surface area (Å²) in [4.78, 5) is 22.3. The Kier molecular flexibility index (Phi) is 17.1. The molecule has 0 saturated heterocycles. The Morgan fingerprint density at radius 3 is 0.887 bits per heavy atom. The summed E-state index contributed by atoms with van der Waals surface area (Å²) < 4.78 is 19.8. The van der Waals surface area contributed by atoms with E-state index in [1.807, 2.05) is 6.20 Å². The van der Waals surface area contributed by atoms with Crippen molar-refractivity contribution in [1.82, 2.24) is 51.5 Å². The second kappa shape index (κ2) is 30.6. The minimum absolute atomic E-state index is 0.148. The lowest BCUT2D eigenvalue weighted by atomic mass is 9.82. The van der Waals surface area contributed by atoms with Gasteiger partial charge in [0.15, 0.2) is 5.82 Å². The molecular formula is C129H82N12. The summed E-state index contributed by atoms with van der Waals surface area (Å²) in [6, 6.07) is 163. The summed E-state index contributed by atoms with van der Waals surface area (Å²) in [5.74, 6) is 0.123. The van der Waals surface area contributed by atoms with Crippen LogP contribution in [0.4, 0.5) is 0 Å². The monoisotopic (exact) mass is 1800 g/mol. The van der Waals surface area contributed by atoms with Gasteiger partial charge in [0.25, 0.3) is 0 Å². The Morgan fingerprint density at radius 2 is 0.511 bits per heavy atom. The van der Waals surface area contributed by atoms with Gasteiger partial charge < -0.3 is 36.5 Å². The van der Waals surface area contributed by atoms with E-state index in [-0.39, 0.29) is 11.8 Å². The quantitative estimate of drug-likeness (QED) is 0.115. The van der Waals surface area contributed by atoms with Gasteiger partial charge in [0.05, 0.1) is 123 Å². The predicted octanol–water partition coefficient (Wildman–Crippen LogP) is 32.6. The van der Waals surface area contributed by atoms with Gasteiger partial charge in [-0.05, 0) is 188 Å². The molecule has 0 spiro atoms. The molecule has 141 heavy (non-hydrogen) atoms. The van der Waals surface area contributed by atoms with E-state index in [4.69, 9.17) is 19.9 Å². The molecule has 1 aliphatic heterocycles. The Bertz CT molecular complexity index is 10400. The van der Waals surface area contributed by atoms with Crippen molar-refractivity contribution in [3.05, 3.63) is 467 Å². The number of hydrogen-bond acceptors (Lipinski definition) is 4. The van der Waals surface area contributed by atoms with E-state index in [1.54, 1.807) is 0 Å². The van der Waals surface area contributed by atoms with Crippen LogP contribution in [0, 0.1) is 5.92 Å². The number of rotatable bonds is 13. The van der Waals surface area contributed by atoms with E-state index in [2.05, 4.69) is 505 Å². The number of allylic oxidation sites excluding steroid dienone is 1. The van der Waals surface area contributed by atoms with Crippen molar-refractivity contribution in [1.29, 1.82) is 0 Å². The van der Waals surface area contributed by atoms with Gasteiger partial charge in [0.1, 0.15) is 0 Å². The summed E-state index contributed by atoms with van der Waals surface area (Å²) in [5.41, 5.74) is 33.4. The average molecular weight is 1800 g/mol. The van der Waals surface area contributed by atoms with Gasteiger partial charge in [0, 0.05) is 173 Å². The summed E-state index contributed by atoms with van der Waals surface area (Å²) in [6.07, 6.45) is 8.37. The summed E-state index contributed by atoms with van der Waals surface area (Å²) in [7, 11) is 0. The van der Waals surface area contributed by atoms with Crippen molar-refractivity contribution in [2.24, 2.45) is 10.9 Å². The van der Waals surface area contributed by atoms with E-state index in [0.29, 0.717) is 5.82 Å². The summed E-state index contributed by atoms with van der Waals surface area (Å²) in [5, 5.41) is 18.8. The first kappa shape index (κ1) is 78.5. The maximum atomic E-state index is 5.88. The molecule has 0 saturated carbocycles. The fourth-order valence-corrected chi connectivity index (χ4v) is 24.1. The molecule has 2 unspecified atom stereocenters. The molecule has 29 aromatic rings. The van der Waals surface area contributed by atoms with Crippen molar-refractivity contribution < 1.29 is 0 Å². The van der Waals surface area contributed by atoms with E-state index in [1.165, 1.54) is 48.5 Å². The maximum Gasteiger partial charge on any atom is 0.160 e. The second-order valence-corrected chi connectivity index (χ2v) is 37.6. The van der Waals surface area contributed by atoms with Crippen LogP contribution in [0.3, 0.4) is 0 Å². The zero-order chi connectivity index (χ0) is 92.3. The highest BCUT2D eigenvalue weighted by Crippen LogP contribution is 2.52. The van der Waals surface area contributed by atoms with Gasteiger partial charge in [-0.1, -0.05) is 268 Å². The van der Waals surface area contributed by atoms with Crippen LogP contribution >= 0.6 is 0 Å². The number of aromatic nitrogens is 11. The third-order valence-corrected chi connectivity index (χ3v) is 30.1. The van der Waals surface area contributed by atoms with Crippen LogP contribution < -0.4 is 0 Å². The van der Waals surface area contributed by atoms with Crippen LogP contribution in [0.1, 0.15) is 18.4 Å². The molecule has 30 rings (SSSR count). The summed E-state index contributed by atoms with van der Waals surface area (Å²) in [6.45, 7) is 2.35. The van der Waals surface area contributed by atoms with Crippen LogP contribution in [0.25, 0.3) is 265 Å². The van der Waals surface area contributed by atoms with Crippen LogP contribution in [0.5, 0.6) is 0 Å². The minimum Gasteiger partial charge on any atom is -0.311 e. The molecule has 0 fully saturated rings. The normalized spacial score (nSPS) is 13.7. The largest absolute Gasteiger partial charge is 0.311 e. The van der Waals surface area contributed by atoms with Gasteiger partial charge in [-0.25, -0.2) is 9.97 Å². The lowest BCUT2D eigenvalue weighted by Gasteiger charge is -2.31. The fraction of sp³-hybridized carbons (Fsp3) is 0.0233. The first-order valence-corrected chi connectivity index (χ1v) is 48.4. The third-order valence-electron chi connectivity index (χ3n) is 30.1.